The van der Waals surface area contributed by atoms with Crippen molar-refractivity contribution in [3.63, 3.8) is 0 Å². The summed E-state index contributed by atoms with van der Waals surface area (Å²) in [6.45, 7) is 1.93. The molecule has 5 heteroatoms. The fraction of sp³-hybridized carbons (Fsp3) is 0.143. The number of hydrazone groups is 1. The van der Waals surface area contributed by atoms with Gasteiger partial charge in [-0.15, -0.1) is 0 Å². The van der Waals surface area contributed by atoms with Gasteiger partial charge in [0.25, 0.3) is 5.91 Å². The van der Waals surface area contributed by atoms with E-state index in [1.54, 1.807) is 6.07 Å². The highest BCUT2D eigenvalue weighted by molar-refractivity contribution is 6.02. The lowest BCUT2D eigenvalue weighted by atomic mass is 10.0. The van der Waals surface area contributed by atoms with Crippen molar-refractivity contribution in [1.29, 1.82) is 0 Å². The molecule has 0 saturated carbocycles. The molecular weight excluding hydrogens is 326 g/mol. The second kappa shape index (κ2) is 8.16. The molecule has 1 amide bonds. The molecule has 0 aromatic heterocycles. The zero-order chi connectivity index (χ0) is 18.4. The molecule has 0 aliphatic rings. The predicted molar refractivity (Wildman–Crippen MR) is 105 cm³/mol. The average molecular weight is 347 g/mol. The zero-order valence-electron chi connectivity index (χ0n) is 14.5. The molecule has 3 aromatic rings. The molecule has 0 spiro atoms. The van der Waals surface area contributed by atoms with Gasteiger partial charge in [0.05, 0.1) is 6.21 Å². The minimum absolute atomic E-state index is 0.121. The Morgan fingerprint density at radius 1 is 1.08 bits per heavy atom. The van der Waals surface area contributed by atoms with E-state index in [0.29, 0.717) is 12.0 Å². The van der Waals surface area contributed by atoms with Crippen LogP contribution in [0.5, 0.6) is 5.75 Å². The molecule has 5 nitrogen and oxygen atoms in total. The number of nitrogens with zero attached hydrogens (tertiary/aromatic N) is 1. The Balaban J connectivity index is 1.71. The van der Waals surface area contributed by atoms with Gasteiger partial charge in [-0.1, -0.05) is 55.5 Å². The lowest BCUT2D eigenvalue weighted by Gasteiger charge is -2.16. The summed E-state index contributed by atoms with van der Waals surface area (Å²) in [7, 11) is 0. The number of fused-ring (bicyclic) bond motifs is 1. The molecule has 132 valence electrons. The van der Waals surface area contributed by atoms with Gasteiger partial charge < -0.3 is 10.4 Å². The van der Waals surface area contributed by atoms with Gasteiger partial charge in [-0.3, -0.25) is 4.79 Å². The van der Waals surface area contributed by atoms with Crippen LogP contribution < -0.4 is 10.7 Å². The summed E-state index contributed by atoms with van der Waals surface area (Å²) in [6, 6.07) is 20.3. The van der Waals surface area contributed by atoms with E-state index in [4.69, 9.17) is 0 Å². The Kier molecular flexibility index (Phi) is 5.49. The molecule has 0 radical (unpaired) electrons. The predicted octanol–water partition coefficient (Wildman–Crippen LogP) is 3.89. The van der Waals surface area contributed by atoms with Crippen LogP contribution in [0, 0.1) is 0 Å². The number of benzene rings is 3. The highest BCUT2D eigenvalue weighted by atomic mass is 16.3. The minimum Gasteiger partial charge on any atom is -0.507 e. The Hall–Kier alpha value is -3.34. The van der Waals surface area contributed by atoms with E-state index in [-0.39, 0.29) is 11.7 Å². The van der Waals surface area contributed by atoms with Crippen molar-refractivity contribution in [3.8, 4) is 5.75 Å². The maximum absolute atomic E-state index is 12.4. The van der Waals surface area contributed by atoms with Gasteiger partial charge in [0.2, 0.25) is 0 Å². The Bertz CT molecular complexity index is 923. The first-order valence-corrected chi connectivity index (χ1v) is 8.54. The third-order valence-corrected chi connectivity index (χ3v) is 4.16. The third-order valence-electron chi connectivity index (χ3n) is 4.16. The topological polar surface area (TPSA) is 73.7 Å². The van der Waals surface area contributed by atoms with E-state index in [2.05, 4.69) is 15.8 Å². The van der Waals surface area contributed by atoms with E-state index >= 15 is 0 Å². The molecule has 0 bridgehead atoms. The first kappa shape index (κ1) is 17.5. The van der Waals surface area contributed by atoms with Crippen LogP contribution in [-0.4, -0.2) is 23.3 Å². The van der Waals surface area contributed by atoms with Gasteiger partial charge in [-0.2, -0.15) is 5.10 Å². The van der Waals surface area contributed by atoms with Crippen LogP contribution in [0.2, 0.25) is 0 Å². The van der Waals surface area contributed by atoms with E-state index in [1.807, 2.05) is 67.6 Å². The lowest BCUT2D eigenvalue weighted by molar-refractivity contribution is -0.121. The van der Waals surface area contributed by atoms with E-state index in [9.17, 15) is 9.90 Å². The fourth-order valence-electron chi connectivity index (χ4n) is 2.75. The Morgan fingerprint density at radius 2 is 1.81 bits per heavy atom. The van der Waals surface area contributed by atoms with Crippen molar-refractivity contribution in [2.45, 2.75) is 19.4 Å². The number of phenolic OH excluding ortho intramolecular Hbond substituents is 1. The number of carbonyl (C=O) groups excluding carboxylic acids is 1. The minimum atomic E-state index is -0.393. The molecule has 0 heterocycles. The summed E-state index contributed by atoms with van der Waals surface area (Å²) < 4.78 is 0. The third kappa shape index (κ3) is 4.00. The van der Waals surface area contributed by atoms with Crippen LogP contribution in [0.3, 0.4) is 0 Å². The lowest BCUT2D eigenvalue weighted by Crippen LogP contribution is -2.36. The number of para-hydroxylation sites is 1. The molecule has 0 fully saturated rings. The van der Waals surface area contributed by atoms with Crippen LogP contribution in [0.4, 0.5) is 5.69 Å². The number of hydrogen-bond acceptors (Lipinski definition) is 4. The molecule has 0 aliphatic carbocycles. The van der Waals surface area contributed by atoms with Crippen LogP contribution >= 0.6 is 0 Å². The van der Waals surface area contributed by atoms with Crippen molar-refractivity contribution < 1.29 is 9.90 Å². The number of phenols is 1. The number of anilines is 1. The summed E-state index contributed by atoms with van der Waals surface area (Å²) >= 11 is 0. The largest absolute Gasteiger partial charge is 0.507 e. The Morgan fingerprint density at radius 3 is 2.58 bits per heavy atom. The second-order valence-corrected chi connectivity index (χ2v) is 5.92. The number of nitrogens with one attached hydrogen (secondary N) is 2. The van der Waals surface area contributed by atoms with Gasteiger partial charge in [-0.25, -0.2) is 5.43 Å². The standard InChI is InChI=1S/C21H21N3O2/c1-2-19(23-16-9-4-3-5-10-16)21(26)24-22-14-18-17-11-7-6-8-15(17)12-13-20(18)25/h3-14,19,23,25H,2H2,1H3,(H,24,26)/b22-14+/t19-/m1/s1. The van der Waals surface area contributed by atoms with Gasteiger partial charge >= 0.3 is 0 Å². The number of hydrogen-bond donors (Lipinski definition) is 3. The summed E-state index contributed by atoms with van der Waals surface area (Å²) in [5, 5.41) is 19.2. The molecule has 26 heavy (non-hydrogen) atoms. The molecule has 1 atom stereocenters. The molecular formula is C21H21N3O2. The summed E-state index contributed by atoms with van der Waals surface area (Å²) in [5.41, 5.74) is 4.01. The molecule has 3 aromatic carbocycles. The number of amides is 1. The van der Waals surface area contributed by atoms with Crippen LogP contribution in [0.15, 0.2) is 71.8 Å². The van der Waals surface area contributed by atoms with Crippen molar-refractivity contribution >= 4 is 28.6 Å². The molecule has 3 N–H and O–H groups in total. The first-order valence-electron chi connectivity index (χ1n) is 8.54. The highest BCUT2D eigenvalue weighted by Crippen LogP contribution is 2.25. The first-order chi connectivity index (χ1) is 12.7. The van der Waals surface area contributed by atoms with E-state index in [1.165, 1.54) is 6.21 Å². The van der Waals surface area contributed by atoms with Gasteiger partial charge in [0.15, 0.2) is 0 Å². The summed E-state index contributed by atoms with van der Waals surface area (Å²) in [6.07, 6.45) is 2.10. The van der Waals surface area contributed by atoms with Crippen molar-refractivity contribution in [2.24, 2.45) is 5.10 Å². The maximum atomic E-state index is 12.4. The van der Waals surface area contributed by atoms with Crippen LogP contribution in [0.25, 0.3) is 10.8 Å². The van der Waals surface area contributed by atoms with Crippen molar-refractivity contribution in [2.75, 3.05) is 5.32 Å². The zero-order valence-corrected chi connectivity index (χ0v) is 14.5. The average Bonchev–Trinajstić information content (AvgIpc) is 2.68. The van der Waals surface area contributed by atoms with Gasteiger partial charge in [-0.05, 0) is 35.4 Å². The number of aromatic hydroxyl groups is 1. The summed E-state index contributed by atoms with van der Waals surface area (Å²) in [5.74, 6) is -0.108. The molecule has 0 aliphatic heterocycles. The fourth-order valence-corrected chi connectivity index (χ4v) is 2.75. The monoisotopic (exact) mass is 347 g/mol. The second-order valence-electron chi connectivity index (χ2n) is 5.92. The van der Waals surface area contributed by atoms with Crippen LogP contribution in [-0.2, 0) is 4.79 Å². The van der Waals surface area contributed by atoms with Gasteiger partial charge in [0.1, 0.15) is 11.8 Å². The maximum Gasteiger partial charge on any atom is 0.262 e. The van der Waals surface area contributed by atoms with E-state index in [0.717, 1.165) is 16.5 Å². The molecule has 0 unspecified atom stereocenters. The van der Waals surface area contributed by atoms with Crippen molar-refractivity contribution in [3.05, 3.63) is 72.3 Å². The molecule has 3 rings (SSSR count). The number of rotatable bonds is 6. The SMILES string of the molecule is CC[C@@H](Nc1ccccc1)C(=O)N/N=C/c1c(O)ccc2ccccc12. The molecule has 0 saturated heterocycles. The highest BCUT2D eigenvalue weighted by Gasteiger charge is 2.15. The normalized spacial score (nSPS) is 12.2. The Labute approximate surface area is 152 Å². The smallest absolute Gasteiger partial charge is 0.262 e. The summed E-state index contributed by atoms with van der Waals surface area (Å²) in [4.78, 5) is 12.4. The van der Waals surface area contributed by atoms with Gasteiger partial charge in [0, 0.05) is 11.3 Å². The number of carbonyl (C=O) groups is 1. The quantitative estimate of drug-likeness (QED) is 0.468. The van der Waals surface area contributed by atoms with Crippen LogP contribution in [0.1, 0.15) is 18.9 Å². The van der Waals surface area contributed by atoms with Crippen molar-refractivity contribution in [1.82, 2.24) is 5.43 Å². The van der Waals surface area contributed by atoms with E-state index < -0.39 is 6.04 Å².